The molecular formula is C23H21BrN4O2S. The number of nitrogens with zero attached hydrogens (tertiary/aromatic N) is 2. The summed E-state index contributed by atoms with van der Waals surface area (Å²) in [6, 6.07) is 17.3. The quantitative estimate of drug-likeness (QED) is 0.395. The molecule has 8 heteroatoms. The van der Waals surface area contributed by atoms with Crippen LogP contribution in [0.4, 0.5) is 0 Å². The third-order valence-electron chi connectivity index (χ3n) is 4.96. The molecule has 0 radical (unpaired) electrons. The molecule has 158 valence electrons. The highest BCUT2D eigenvalue weighted by Crippen LogP contribution is 2.35. The molecule has 2 heterocycles. The van der Waals surface area contributed by atoms with E-state index in [1.54, 1.807) is 6.92 Å². The molecule has 0 saturated heterocycles. The van der Waals surface area contributed by atoms with Crippen molar-refractivity contribution in [3.63, 3.8) is 0 Å². The summed E-state index contributed by atoms with van der Waals surface area (Å²) in [4.78, 5) is 12.8. The van der Waals surface area contributed by atoms with Crippen LogP contribution in [0, 0.1) is 0 Å². The zero-order valence-electron chi connectivity index (χ0n) is 17.1. The number of thiocarbonyl (C=S) groups is 1. The van der Waals surface area contributed by atoms with Crippen LogP contribution in [-0.2, 0) is 9.53 Å². The molecule has 0 unspecified atom stereocenters. The predicted molar refractivity (Wildman–Crippen MR) is 128 cm³/mol. The maximum Gasteiger partial charge on any atom is 0.338 e. The first-order valence-corrected chi connectivity index (χ1v) is 11.0. The van der Waals surface area contributed by atoms with Crippen LogP contribution in [0.1, 0.15) is 25.5 Å². The van der Waals surface area contributed by atoms with Crippen LogP contribution < -0.4 is 10.6 Å². The number of hydrogen-bond acceptors (Lipinski definition) is 4. The van der Waals surface area contributed by atoms with Gasteiger partial charge in [-0.05, 0) is 50.3 Å². The first kappa shape index (κ1) is 21.3. The Hall–Kier alpha value is -2.97. The molecule has 0 spiro atoms. The van der Waals surface area contributed by atoms with Crippen LogP contribution in [0.15, 0.2) is 76.5 Å². The van der Waals surface area contributed by atoms with Gasteiger partial charge in [0.25, 0.3) is 0 Å². The van der Waals surface area contributed by atoms with Gasteiger partial charge in [-0.15, -0.1) is 0 Å². The first-order chi connectivity index (χ1) is 15.0. The van der Waals surface area contributed by atoms with E-state index in [1.807, 2.05) is 72.4 Å². The van der Waals surface area contributed by atoms with Gasteiger partial charge in [0.05, 0.1) is 29.6 Å². The fourth-order valence-corrected chi connectivity index (χ4v) is 4.09. The molecule has 2 N–H and O–H groups in total. The molecule has 1 aliphatic rings. The van der Waals surface area contributed by atoms with Gasteiger partial charge in [0, 0.05) is 27.5 Å². The van der Waals surface area contributed by atoms with Crippen LogP contribution in [-0.4, -0.2) is 27.5 Å². The normalized spacial score (nSPS) is 16.0. The van der Waals surface area contributed by atoms with Gasteiger partial charge in [-0.25, -0.2) is 9.48 Å². The molecule has 4 rings (SSSR count). The zero-order valence-corrected chi connectivity index (χ0v) is 19.5. The molecule has 1 aromatic heterocycles. The summed E-state index contributed by atoms with van der Waals surface area (Å²) >= 11 is 8.88. The smallest absolute Gasteiger partial charge is 0.338 e. The molecule has 1 atom stereocenters. The van der Waals surface area contributed by atoms with Crippen LogP contribution in [0.25, 0.3) is 16.9 Å². The number of para-hydroxylation sites is 1. The van der Waals surface area contributed by atoms with Crippen molar-refractivity contribution in [3.8, 4) is 16.9 Å². The lowest BCUT2D eigenvalue weighted by atomic mass is 9.94. The topological polar surface area (TPSA) is 68.2 Å². The van der Waals surface area contributed by atoms with Crippen LogP contribution in [0.3, 0.4) is 0 Å². The van der Waals surface area contributed by atoms with Gasteiger partial charge in [0.1, 0.15) is 0 Å². The average molecular weight is 497 g/mol. The number of esters is 1. The lowest BCUT2D eigenvalue weighted by Crippen LogP contribution is -2.45. The Bertz CT molecular complexity index is 1160. The van der Waals surface area contributed by atoms with Gasteiger partial charge in [-0.1, -0.05) is 46.3 Å². The SMILES string of the molecule is CCOC(=O)C1=C(C)NC(=S)N[C@@H]1c1cn(-c2ccccc2)nc1-c1ccc(Br)cc1. The van der Waals surface area contributed by atoms with Crippen molar-refractivity contribution in [3.05, 3.63) is 82.1 Å². The third kappa shape index (κ3) is 4.40. The van der Waals surface area contributed by atoms with Crippen molar-refractivity contribution in [1.82, 2.24) is 20.4 Å². The number of hydrogen-bond donors (Lipinski definition) is 2. The van der Waals surface area contributed by atoms with Crippen molar-refractivity contribution in [2.24, 2.45) is 0 Å². The van der Waals surface area contributed by atoms with E-state index in [1.165, 1.54) is 0 Å². The summed E-state index contributed by atoms with van der Waals surface area (Å²) in [5.74, 6) is -0.387. The van der Waals surface area contributed by atoms with Gasteiger partial charge >= 0.3 is 5.97 Å². The minimum Gasteiger partial charge on any atom is -0.463 e. The van der Waals surface area contributed by atoms with Crippen LogP contribution >= 0.6 is 28.1 Å². The van der Waals surface area contributed by atoms with E-state index in [-0.39, 0.29) is 12.6 Å². The number of halogens is 1. The van der Waals surface area contributed by atoms with Gasteiger partial charge < -0.3 is 15.4 Å². The first-order valence-electron chi connectivity index (χ1n) is 9.84. The number of carbonyl (C=O) groups is 1. The fraction of sp³-hybridized carbons (Fsp3) is 0.174. The molecule has 6 nitrogen and oxygen atoms in total. The van der Waals surface area contributed by atoms with E-state index < -0.39 is 6.04 Å². The Labute approximate surface area is 194 Å². The van der Waals surface area contributed by atoms with Crippen molar-refractivity contribution in [1.29, 1.82) is 0 Å². The second kappa shape index (κ2) is 9.03. The summed E-state index contributed by atoms with van der Waals surface area (Å²) in [7, 11) is 0. The lowest BCUT2D eigenvalue weighted by Gasteiger charge is -2.29. The highest BCUT2D eigenvalue weighted by molar-refractivity contribution is 9.10. The fourth-order valence-electron chi connectivity index (χ4n) is 3.55. The third-order valence-corrected chi connectivity index (χ3v) is 5.71. The molecule has 0 aliphatic carbocycles. The highest BCUT2D eigenvalue weighted by Gasteiger charge is 2.34. The Balaban J connectivity index is 1.90. The average Bonchev–Trinajstić information content (AvgIpc) is 3.20. The van der Waals surface area contributed by atoms with Crippen LogP contribution in [0.2, 0.25) is 0 Å². The highest BCUT2D eigenvalue weighted by atomic mass is 79.9. The Morgan fingerprint density at radius 3 is 2.58 bits per heavy atom. The van der Waals surface area contributed by atoms with E-state index in [0.717, 1.165) is 27.0 Å². The predicted octanol–water partition coefficient (Wildman–Crippen LogP) is 4.66. The second-order valence-corrected chi connectivity index (χ2v) is 8.33. The van der Waals surface area contributed by atoms with E-state index in [2.05, 4.69) is 26.6 Å². The summed E-state index contributed by atoms with van der Waals surface area (Å²) < 4.78 is 8.13. The van der Waals surface area contributed by atoms with Gasteiger partial charge in [0.15, 0.2) is 5.11 Å². The maximum absolute atomic E-state index is 12.8. The van der Waals surface area contributed by atoms with Crippen molar-refractivity contribution in [2.75, 3.05) is 6.61 Å². The van der Waals surface area contributed by atoms with Crippen molar-refractivity contribution >= 4 is 39.2 Å². The van der Waals surface area contributed by atoms with Crippen LogP contribution in [0.5, 0.6) is 0 Å². The molecule has 0 amide bonds. The summed E-state index contributed by atoms with van der Waals surface area (Å²) in [6.07, 6.45) is 1.94. The zero-order chi connectivity index (χ0) is 22.0. The van der Waals surface area contributed by atoms with Gasteiger partial charge in [0.2, 0.25) is 0 Å². The number of ether oxygens (including phenoxy) is 1. The van der Waals surface area contributed by atoms with Gasteiger partial charge in [-0.2, -0.15) is 5.10 Å². The van der Waals surface area contributed by atoms with Gasteiger partial charge in [-0.3, -0.25) is 0 Å². The standard InChI is InChI=1S/C23H21BrN4O2S/c1-3-30-22(29)19-14(2)25-23(31)26-21(19)18-13-28(17-7-5-4-6-8-17)27-20(18)15-9-11-16(24)12-10-15/h4-13,21H,3H2,1-2H3,(H2,25,26,31)/t21-/m1/s1. The molecule has 0 bridgehead atoms. The largest absolute Gasteiger partial charge is 0.463 e. The molecule has 0 fully saturated rings. The summed E-state index contributed by atoms with van der Waals surface area (Å²) in [5, 5.41) is 11.6. The number of carbonyl (C=O) groups excluding carboxylic acids is 1. The Kier molecular flexibility index (Phi) is 6.20. The molecule has 31 heavy (non-hydrogen) atoms. The number of aromatic nitrogens is 2. The number of nitrogens with one attached hydrogen (secondary N) is 2. The van der Waals surface area contributed by atoms with E-state index in [0.29, 0.717) is 16.4 Å². The second-order valence-electron chi connectivity index (χ2n) is 7.01. The lowest BCUT2D eigenvalue weighted by molar-refractivity contribution is -0.139. The molecular weight excluding hydrogens is 476 g/mol. The number of rotatable bonds is 5. The molecule has 2 aromatic carbocycles. The summed E-state index contributed by atoms with van der Waals surface area (Å²) in [6.45, 7) is 3.90. The molecule has 3 aromatic rings. The van der Waals surface area contributed by atoms with E-state index in [9.17, 15) is 4.79 Å². The Morgan fingerprint density at radius 2 is 1.90 bits per heavy atom. The van der Waals surface area contributed by atoms with E-state index >= 15 is 0 Å². The number of allylic oxidation sites excluding steroid dienone is 1. The minimum absolute atomic E-state index is 0.287. The molecule has 0 saturated carbocycles. The minimum atomic E-state index is -0.496. The molecule has 1 aliphatic heterocycles. The van der Waals surface area contributed by atoms with E-state index in [4.69, 9.17) is 22.1 Å². The Morgan fingerprint density at radius 1 is 1.19 bits per heavy atom. The maximum atomic E-state index is 12.8. The van der Waals surface area contributed by atoms with Crippen molar-refractivity contribution < 1.29 is 9.53 Å². The number of benzene rings is 2. The monoisotopic (exact) mass is 496 g/mol. The van der Waals surface area contributed by atoms with Crippen molar-refractivity contribution in [2.45, 2.75) is 19.9 Å². The summed E-state index contributed by atoms with van der Waals surface area (Å²) in [5.41, 5.74) is 4.59.